The molecular weight excluding hydrogens is 292 g/mol. The lowest BCUT2D eigenvalue weighted by atomic mass is 9.80. The van der Waals surface area contributed by atoms with Gasteiger partial charge < -0.3 is 19.7 Å². The molecule has 23 heavy (non-hydrogen) atoms. The zero-order valence-electron chi connectivity index (χ0n) is 14.5. The molecule has 0 unspecified atom stereocenters. The molecule has 1 spiro atoms. The summed E-state index contributed by atoms with van der Waals surface area (Å²) in [5, 5.41) is 3.30. The number of carbonyl (C=O) groups is 1. The lowest BCUT2D eigenvalue weighted by Gasteiger charge is -2.39. The van der Waals surface area contributed by atoms with Gasteiger partial charge in [-0.2, -0.15) is 0 Å². The van der Waals surface area contributed by atoms with Crippen LogP contribution in [0.15, 0.2) is 0 Å². The van der Waals surface area contributed by atoms with Crippen molar-refractivity contribution in [3.05, 3.63) is 0 Å². The van der Waals surface area contributed by atoms with E-state index in [9.17, 15) is 4.79 Å². The molecule has 2 heterocycles. The summed E-state index contributed by atoms with van der Waals surface area (Å²) >= 11 is 0. The summed E-state index contributed by atoms with van der Waals surface area (Å²) in [5.41, 5.74) is 0.102. The Labute approximate surface area is 140 Å². The largest absolute Gasteiger partial charge is 0.381 e. The van der Waals surface area contributed by atoms with Crippen molar-refractivity contribution < 1.29 is 14.3 Å². The third-order valence-electron chi connectivity index (χ3n) is 5.97. The maximum absolute atomic E-state index is 12.8. The van der Waals surface area contributed by atoms with Gasteiger partial charge >= 0.3 is 6.03 Å². The third kappa shape index (κ3) is 4.38. The van der Waals surface area contributed by atoms with E-state index in [0.717, 1.165) is 58.0 Å². The van der Waals surface area contributed by atoms with E-state index in [2.05, 4.69) is 12.2 Å². The first-order valence-electron chi connectivity index (χ1n) is 9.42. The van der Waals surface area contributed by atoms with E-state index in [0.29, 0.717) is 19.2 Å². The van der Waals surface area contributed by atoms with Crippen LogP contribution in [0.4, 0.5) is 4.79 Å². The first-order chi connectivity index (χ1) is 11.2. The van der Waals surface area contributed by atoms with E-state index < -0.39 is 0 Å². The Morgan fingerprint density at radius 2 is 2.04 bits per heavy atom. The zero-order valence-corrected chi connectivity index (χ0v) is 14.5. The lowest BCUT2D eigenvalue weighted by Crippen LogP contribution is -2.51. The van der Waals surface area contributed by atoms with E-state index in [1.54, 1.807) is 0 Å². The minimum Gasteiger partial charge on any atom is -0.381 e. The Morgan fingerprint density at radius 1 is 1.22 bits per heavy atom. The van der Waals surface area contributed by atoms with Crippen molar-refractivity contribution in [1.82, 2.24) is 10.2 Å². The molecule has 3 aliphatic rings. The molecule has 3 fully saturated rings. The third-order valence-corrected chi connectivity index (χ3v) is 5.97. The molecule has 1 saturated carbocycles. The predicted octanol–water partition coefficient (Wildman–Crippen LogP) is 2.79. The Hall–Kier alpha value is -0.810. The molecule has 1 aliphatic carbocycles. The van der Waals surface area contributed by atoms with Crippen LogP contribution in [0.2, 0.25) is 0 Å². The second-order valence-corrected chi connectivity index (χ2v) is 7.67. The Morgan fingerprint density at radius 3 is 2.83 bits per heavy atom. The summed E-state index contributed by atoms with van der Waals surface area (Å²) in [6.07, 6.45) is 8.07. The topological polar surface area (TPSA) is 50.8 Å². The molecule has 2 amide bonds. The second kappa shape index (κ2) is 7.84. The molecule has 0 aromatic heterocycles. The van der Waals surface area contributed by atoms with Gasteiger partial charge in [-0.3, -0.25) is 0 Å². The maximum Gasteiger partial charge on any atom is 0.317 e. The first-order valence-corrected chi connectivity index (χ1v) is 9.42. The highest BCUT2D eigenvalue weighted by atomic mass is 16.5. The van der Waals surface area contributed by atoms with Crippen molar-refractivity contribution in [2.24, 2.45) is 11.3 Å². The number of carbonyl (C=O) groups excluding carboxylic acids is 1. The van der Waals surface area contributed by atoms with E-state index in [1.807, 2.05) is 4.90 Å². The number of ether oxygens (including phenoxy) is 2. The SMILES string of the molecule is CC[C@@H]1CCC[C@@H](NC(=O)N2CCOCC3(CCOCC3)C2)C1. The van der Waals surface area contributed by atoms with Crippen molar-refractivity contribution in [2.75, 3.05) is 39.5 Å². The van der Waals surface area contributed by atoms with Crippen LogP contribution in [0.25, 0.3) is 0 Å². The average molecular weight is 324 g/mol. The van der Waals surface area contributed by atoms with Crippen molar-refractivity contribution >= 4 is 6.03 Å². The smallest absolute Gasteiger partial charge is 0.317 e. The average Bonchev–Trinajstić information content (AvgIpc) is 2.78. The monoisotopic (exact) mass is 324 g/mol. The Balaban J connectivity index is 1.57. The van der Waals surface area contributed by atoms with Gasteiger partial charge in [0.2, 0.25) is 0 Å². The van der Waals surface area contributed by atoms with Crippen LogP contribution in [0, 0.1) is 11.3 Å². The number of hydrogen-bond donors (Lipinski definition) is 1. The van der Waals surface area contributed by atoms with Crippen LogP contribution < -0.4 is 5.32 Å². The van der Waals surface area contributed by atoms with Gasteiger partial charge in [0.25, 0.3) is 0 Å². The molecule has 0 bridgehead atoms. The molecule has 0 radical (unpaired) electrons. The minimum absolute atomic E-state index is 0.102. The van der Waals surface area contributed by atoms with Gasteiger partial charge in [-0.05, 0) is 31.6 Å². The highest BCUT2D eigenvalue weighted by Gasteiger charge is 2.38. The van der Waals surface area contributed by atoms with Gasteiger partial charge in [0.05, 0.1) is 13.2 Å². The molecule has 5 nitrogen and oxygen atoms in total. The fourth-order valence-corrected chi connectivity index (χ4v) is 4.33. The van der Waals surface area contributed by atoms with Gasteiger partial charge in [0.15, 0.2) is 0 Å². The van der Waals surface area contributed by atoms with E-state index in [1.165, 1.54) is 19.3 Å². The van der Waals surface area contributed by atoms with Crippen LogP contribution in [0.1, 0.15) is 51.9 Å². The number of rotatable bonds is 2. The lowest BCUT2D eigenvalue weighted by molar-refractivity contribution is -0.0295. The molecule has 3 rings (SSSR count). The number of urea groups is 1. The minimum atomic E-state index is 0.102. The normalized spacial score (nSPS) is 31.6. The summed E-state index contributed by atoms with van der Waals surface area (Å²) in [6.45, 7) is 6.78. The van der Waals surface area contributed by atoms with E-state index in [-0.39, 0.29) is 11.4 Å². The number of amides is 2. The molecule has 2 saturated heterocycles. The molecule has 1 N–H and O–H groups in total. The van der Waals surface area contributed by atoms with Crippen LogP contribution in [-0.2, 0) is 9.47 Å². The predicted molar refractivity (Wildman–Crippen MR) is 89.4 cm³/mol. The first kappa shape index (κ1) is 17.0. The Kier molecular flexibility index (Phi) is 5.81. The molecule has 5 heteroatoms. The highest BCUT2D eigenvalue weighted by molar-refractivity contribution is 5.74. The van der Waals surface area contributed by atoms with Crippen molar-refractivity contribution in [3.63, 3.8) is 0 Å². The van der Waals surface area contributed by atoms with E-state index in [4.69, 9.17) is 9.47 Å². The van der Waals surface area contributed by atoms with Crippen molar-refractivity contribution in [1.29, 1.82) is 0 Å². The zero-order chi connectivity index (χ0) is 16.1. The Bertz CT molecular complexity index is 396. The van der Waals surface area contributed by atoms with E-state index >= 15 is 0 Å². The quantitative estimate of drug-likeness (QED) is 0.850. The van der Waals surface area contributed by atoms with Crippen molar-refractivity contribution in [2.45, 2.75) is 57.9 Å². The number of hydrogen-bond acceptors (Lipinski definition) is 3. The standard InChI is InChI=1S/C18H32N2O3/c1-2-15-4-3-5-16(12-15)19-17(21)20-8-11-23-14-18(13-20)6-9-22-10-7-18/h15-16H,2-14H2,1H3,(H,19,21)/t15-,16-/m1/s1. The van der Waals surface area contributed by atoms with Crippen LogP contribution >= 0.6 is 0 Å². The van der Waals surface area contributed by atoms with Crippen molar-refractivity contribution in [3.8, 4) is 0 Å². The molecular formula is C18H32N2O3. The summed E-state index contributed by atoms with van der Waals surface area (Å²) in [6, 6.07) is 0.471. The van der Waals surface area contributed by atoms with Gasteiger partial charge in [-0.1, -0.05) is 26.2 Å². The molecule has 0 aromatic carbocycles. The van der Waals surface area contributed by atoms with Gasteiger partial charge in [0, 0.05) is 37.8 Å². The fraction of sp³-hybridized carbons (Fsp3) is 0.944. The van der Waals surface area contributed by atoms with Crippen LogP contribution in [0.3, 0.4) is 0 Å². The maximum atomic E-state index is 12.8. The second-order valence-electron chi connectivity index (χ2n) is 7.67. The molecule has 132 valence electrons. The van der Waals surface area contributed by atoms with Crippen LogP contribution in [-0.4, -0.2) is 56.5 Å². The summed E-state index contributed by atoms with van der Waals surface area (Å²) in [4.78, 5) is 14.8. The van der Waals surface area contributed by atoms with Gasteiger partial charge in [-0.25, -0.2) is 4.79 Å². The van der Waals surface area contributed by atoms with Gasteiger partial charge in [0.1, 0.15) is 0 Å². The van der Waals surface area contributed by atoms with Crippen LogP contribution in [0.5, 0.6) is 0 Å². The fourth-order valence-electron chi connectivity index (χ4n) is 4.33. The number of nitrogens with zero attached hydrogens (tertiary/aromatic N) is 1. The molecule has 2 aliphatic heterocycles. The molecule has 2 atom stereocenters. The summed E-state index contributed by atoms with van der Waals surface area (Å²) < 4.78 is 11.3. The highest BCUT2D eigenvalue weighted by Crippen LogP contribution is 2.33. The molecule has 0 aromatic rings. The summed E-state index contributed by atoms with van der Waals surface area (Å²) in [5.74, 6) is 0.781. The number of nitrogens with one attached hydrogen (secondary N) is 1. The van der Waals surface area contributed by atoms with Gasteiger partial charge in [-0.15, -0.1) is 0 Å². The summed E-state index contributed by atoms with van der Waals surface area (Å²) in [7, 11) is 0.